The van der Waals surface area contributed by atoms with Gasteiger partial charge in [0, 0.05) is 32.0 Å². The van der Waals surface area contributed by atoms with E-state index in [2.05, 4.69) is 4.90 Å². The quantitative estimate of drug-likeness (QED) is 0.843. The highest BCUT2D eigenvalue weighted by atomic mass is 19.1. The maximum atomic E-state index is 13.7. The first-order valence-corrected chi connectivity index (χ1v) is 6.98. The number of amides is 1. The van der Waals surface area contributed by atoms with Gasteiger partial charge in [-0.25, -0.2) is 4.39 Å². The number of hydrogen-bond donors (Lipinski definition) is 2. The van der Waals surface area contributed by atoms with Crippen LogP contribution >= 0.6 is 0 Å². The van der Waals surface area contributed by atoms with Crippen molar-refractivity contribution in [2.45, 2.75) is 25.4 Å². The van der Waals surface area contributed by atoms with Gasteiger partial charge in [0.2, 0.25) is 5.91 Å². The van der Waals surface area contributed by atoms with Crippen molar-refractivity contribution < 1.29 is 14.3 Å². The maximum absolute atomic E-state index is 13.7. The second-order valence-electron chi connectivity index (χ2n) is 5.43. The van der Waals surface area contributed by atoms with Crippen LogP contribution in [0.25, 0.3) is 0 Å². The molecule has 1 saturated heterocycles. The second kappa shape index (κ2) is 6.81. The van der Waals surface area contributed by atoms with Crippen LogP contribution in [-0.4, -0.2) is 41.7 Å². The summed E-state index contributed by atoms with van der Waals surface area (Å²) in [7, 11) is 0. The Morgan fingerprint density at radius 2 is 2.20 bits per heavy atom. The fourth-order valence-electron chi connectivity index (χ4n) is 2.71. The van der Waals surface area contributed by atoms with Crippen LogP contribution in [0.3, 0.4) is 0 Å². The molecular weight excluding hydrogens is 259 g/mol. The van der Waals surface area contributed by atoms with E-state index >= 15 is 0 Å². The molecular formula is C15H21FN2O2. The lowest BCUT2D eigenvalue weighted by Crippen LogP contribution is -2.45. The summed E-state index contributed by atoms with van der Waals surface area (Å²) in [6.45, 7) is 2.03. The van der Waals surface area contributed by atoms with Crippen molar-refractivity contribution in [3.8, 4) is 0 Å². The average Bonchev–Trinajstić information content (AvgIpc) is 2.42. The van der Waals surface area contributed by atoms with Crippen molar-refractivity contribution in [1.82, 2.24) is 4.90 Å². The third-order valence-electron chi connectivity index (χ3n) is 3.89. The standard InChI is InChI=1S/C15H21FN2O2/c16-13-4-2-1-3-11(13)9-12-10-18(7-5-14(12)19)8-6-15(17)20/h1-4,12,14,19H,5-10H2,(H2,17,20)/t12-,14-/m1/s1. The Morgan fingerprint density at radius 3 is 2.90 bits per heavy atom. The zero-order chi connectivity index (χ0) is 14.5. The molecule has 5 heteroatoms. The van der Waals surface area contributed by atoms with E-state index in [9.17, 15) is 14.3 Å². The number of benzene rings is 1. The zero-order valence-corrected chi connectivity index (χ0v) is 11.5. The summed E-state index contributed by atoms with van der Waals surface area (Å²) in [5, 5.41) is 10.1. The maximum Gasteiger partial charge on any atom is 0.218 e. The average molecular weight is 280 g/mol. The molecule has 0 saturated carbocycles. The Bertz CT molecular complexity index is 467. The van der Waals surface area contributed by atoms with Crippen molar-refractivity contribution in [2.24, 2.45) is 11.7 Å². The summed E-state index contributed by atoms with van der Waals surface area (Å²) in [6, 6.07) is 6.66. The lowest BCUT2D eigenvalue weighted by Gasteiger charge is -2.36. The lowest BCUT2D eigenvalue weighted by atomic mass is 9.88. The van der Waals surface area contributed by atoms with Crippen LogP contribution in [0.15, 0.2) is 24.3 Å². The Morgan fingerprint density at radius 1 is 1.45 bits per heavy atom. The molecule has 20 heavy (non-hydrogen) atoms. The predicted molar refractivity (Wildman–Crippen MR) is 74.5 cm³/mol. The van der Waals surface area contributed by atoms with E-state index < -0.39 is 6.10 Å². The third-order valence-corrected chi connectivity index (χ3v) is 3.89. The van der Waals surface area contributed by atoms with Crippen LogP contribution in [0, 0.1) is 11.7 Å². The van der Waals surface area contributed by atoms with Crippen LogP contribution in [-0.2, 0) is 11.2 Å². The third kappa shape index (κ3) is 4.02. The number of hydrogen-bond acceptors (Lipinski definition) is 3. The van der Waals surface area contributed by atoms with Crippen molar-refractivity contribution in [3.05, 3.63) is 35.6 Å². The van der Waals surface area contributed by atoms with Gasteiger partial charge in [0.15, 0.2) is 0 Å². The predicted octanol–water partition coefficient (Wildman–Crippen LogP) is 0.926. The minimum Gasteiger partial charge on any atom is -0.393 e. The molecule has 110 valence electrons. The van der Waals surface area contributed by atoms with Crippen molar-refractivity contribution in [1.29, 1.82) is 0 Å². The Hall–Kier alpha value is -1.46. The highest BCUT2D eigenvalue weighted by Crippen LogP contribution is 2.22. The zero-order valence-electron chi connectivity index (χ0n) is 11.5. The van der Waals surface area contributed by atoms with Gasteiger partial charge in [-0.05, 0) is 24.5 Å². The van der Waals surface area contributed by atoms with Gasteiger partial charge >= 0.3 is 0 Å². The number of piperidine rings is 1. The minimum atomic E-state index is -0.417. The second-order valence-corrected chi connectivity index (χ2v) is 5.43. The number of primary amides is 1. The molecule has 0 aliphatic carbocycles. The van der Waals surface area contributed by atoms with Gasteiger partial charge in [-0.15, -0.1) is 0 Å². The van der Waals surface area contributed by atoms with E-state index in [-0.39, 0.29) is 17.6 Å². The smallest absolute Gasteiger partial charge is 0.218 e. The number of halogens is 1. The van der Waals surface area contributed by atoms with Gasteiger partial charge in [-0.2, -0.15) is 0 Å². The molecule has 1 aliphatic heterocycles. The molecule has 2 atom stereocenters. The van der Waals surface area contributed by atoms with Gasteiger partial charge < -0.3 is 15.7 Å². The Labute approximate surface area is 118 Å². The molecule has 0 radical (unpaired) electrons. The van der Waals surface area contributed by atoms with E-state index in [4.69, 9.17) is 5.73 Å². The molecule has 0 spiro atoms. The van der Waals surface area contributed by atoms with Gasteiger partial charge in [-0.3, -0.25) is 4.79 Å². The molecule has 0 aromatic heterocycles. The van der Waals surface area contributed by atoms with E-state index in [0.717, 1.165) is 6.54 Å². The van der Waals surface area contributed by atoms with Crippen LogP contribution in [0.4, 0.5) is 4.39 Å². The topological polar surface area (TPSA) is 66.6 Å². The molecule has 1 aliphatic rings. The SMILES string of the molecule is NC(=O)CCN1CC[C@@H](O)[C@H](Cc2ccccc2F)C1. The van der Waals surface area contributed by atoms with Crippen LogP contribution < -0.4 is 5.73 Å². The van der Waals surface area contributed by atoms with E-state index in [0.29, 0.717) is 37.9 Å². The number of nitrogens with zero attached hydrogens (tertiary/aromatic N) is 1. The van der Waals surface area contributed by atoms with Gasteiger partial charge in [0.05, 0.1) is 6.10 Å². The number of likely N-dealkylation sites (tertiary alicyclic amines) is 1. The van der Waals surface area contributed by atoms with Crippen molar-refractivity contribution >= 4 is 5.91 Å². The highest BCUT2D eigenvalue weighted by Gasteiger charge is 2.28. The number of nitrogens with two attached hydrogens (primary N) is 1. The molecule has 3 N–H and O–H groups in total. The summed E-state index contributed by atoms with van der Waals surface area (Å²) in [6.07, 6.45) is 1.07. The number of aliphatic hydroxyl groups is 1. The van der Waals surface area contributed by atoms with Crippen molar-refractivity contribution in [2.75, 3.05) is 19.6 Å². The molecule has 1 heterocycles. The highest BCUT2D eigenvalue weighted by molar-refractivity contribution is 5.73. The first kappa shape index (κ1) is 14.9. The van der Waals surface area contributed by atoms with Crippen LogP contribution in [0.5, 0.6) is 0 Å². The summed E-state index contributed by atoms with van der Waals surface area (Å²) in [4.78, 5) is 12.9. The molecule has 4 nitrogen and oxygen atoms in total. The summed E-state index contributed by atoms with van der Waals surface area (Å²) in [5.74, 6) is -0.552. The number of aliphatic hydroxyl groups excluding tert-OH is 1. The molecule has 1 amide bonds. The van der Waals surface area contributed by atoms with E-state index in [1.54, 1.807) is 18.2 Å². The van der Waals surface area contributed by atoms with Gasteiger partial charge in [-0.1, -0.05) is 18.2 Å². The fourth-order valence-corrected chi connectivity index (χ4v) is 2.71. The normalized spacial score (nSPS) is 23.7. The number of carbonyl (C=O) groups excluding carboxylic acids is 1. The summed E-state index contributed by atoms with van der Waals surface area (Å²) < 4.78 is 13.7. The molecule has 1 aromatic carbocycles. The molecule has 2 rings (SSSR count). The first-order valence-electron chi connectivity index (χ1n) is 6.98. The van der Waals surface area contributed by atoms with Gasteiger partial charge in [0.1, 0.15) is 5.82 Å². The Kier molecular flexibility index (Phi) is 5.09. The Balaban J connectivity index is 1.95. The van der Waals surface area contributed by atoms with Crippen molar-refractivity contribution in [3.63, 3.8) is 0 Å². The van der Waals surface area contributed by atoms with Crippen LogP contribution in [0.1, 0.15) is 18.4 Å². The summed E-state index contributed by atoms with van der Waals surface area (Å²) in [5.41, 5.74) is 5.78. The molecule has 0 bridgehead atoms. The lowest BCUT2D eigenvalue weighted by molar-refractivity contribution is -0.118. The van der Waals surface area contributed by atoms with E-state index in [1.807, 2.05) is 0 Å². The van der Waals surface area contributed by atoms with Crippen LogP contribution in [0.2, 0.25) is 0 Å². The number of carbonyl (C=O) groups is 1. The molecule has 1 fully saturated rings. The largest absolute Gasteiger partial charge is 0.393 e. The van der Waals surface area contributed by atoms with E-state index in [1.165, 1.54) is 6.07 Å². The first-order chi connectivity index (χ1) is 9.56. The fraction of sp³-hybridized carbons (Fsp3) is 0.533. The summed E-state index contributed by atoms with van der Waals surface area (Å²) >= 11 is 0. The molecule has 0 unspecified atom stereocenters. The minimum absolute atomic E-state index is 0.00599. The number of rotatable bonds is 5. The van der Waals surface area contributed by atoms with Gasteiger partial charge in [0.25, 0.3) is 0 Å². The monoisotopic (exact) mass is 280 g/mol. The molecule has 1 aromatic rings.